The van der Waals surface area contributed by atoms with Gasteiger partial charge in [-0.05, 0) is 36.8 Å². The van der Waals surface area contributed by atoms with E-state index in [9.17, 15) is 19.1 Å². The maximum Gasteiger partial charge on any atom is 0.331 e. The summed E-state index contributed by atoms with van der Waals surface area (Å²) in [5, 5.41) is 11.8. The zero-order chi connectivity index (χ0) is 19.2. The van der Waals surface area contributed by atoms with Crippen LogP contribution in [0.1, 0.15) is 22.8 Å². The number of amides is 1. The molecule has 26 heavy (non-hydrogen) atoms. The van der Waals surface area contributed by atoms with Crippen LogP contribution in [0.15, 0.2) is 48.5 Å². The molecule has 1 amide bonds. The van der Waals surface area contributed by atoms with Crippen LogP contribution in [0, 0.1) is 5.82 Å². The molecule has 0 aromatic heterocycles. The SMILES string of the molecule is COCC(C)(NC(=O)c1cccc(COc2cccc(F)c2)c1)C(=O)O. The summed E-state index contributed by atoms with van der Waals surface area (Å²) in [4.78, 5) is 23.8. The molecule has 0 aliphatic rings. The molecule has 138 valence electrons. The Morgan fingerprint density at radius 2 is 1.92 bits per heavy atom. The van der Waals surface area contributed by atoms with Crippen LogP contribution in [0.25, 0.3) is 0 Å². The molecule has 2 aromatic carbocycles. The largest absolute Gasteiger partial charge is 0.489 e. The molecular formula is C19H20FNO5. The molecule has 1 atom stereocenters. The van der Waals surface area contributed by atoms with Gasteiger partial charge in [-0.2, -0.15) is 0 Å². The molecule has 6 nitrogen and oxygen atoms in total. The number of ether oxygens (including phenoxy) is 2. The maximum atomic E-state index is 13.2. The van der Waals surface area contributed by atoms with Crippen molar-refractivity contribution in [2.45, 2.75) is 19.1 Å². The molecule has 2 rings (SSSR count). The van der Waals surface area contributed by atoms with E-state index in [1.807, 2.05) is 0 Å². The van der Waals surface area contributed by atoms with Gasteiger partial charge in [-0.15, -0.1) is 0 Å². The first-order valence-electron chi connectivity index (χ1n) is 7.86. The summed E-state index contributed by atoms with van der Waals surface area (Å²) < 4.78 is 23.5. The number of methoxy groups -OCH3 is 1. The summed E-state index contributed by atoms with van der Waals surface area (Å²) in [7, 11) is 1.36. The zero-order valence-corrected chi connectivity index (χ0v) is 14.5. The zero-order valence-electron chi connectivity index (χ0n) is 14.5. The first-order valence-corrected chi connectivity index (χ1v) is 7.86. The number of carbonyl (C=O) groups is 2. The van der Waals surface area contributed by atoms with Gasteiger partial charge in [0.15, 0.2) is 5.54 Å². The third-order valence-electron chi connectivity index (χ3n) is 3.69. The monoisotopic (exact) mass is 361 g/mol. The van der Waals surface area contributed by atoms with E-state index in [0.29, 0.717) is 11.3 Å². The number of hydrogen-bond donors (Lipinski definition) is 2. The van der Waals surface area contributed by atoms with Crippen LogP contribution in [-0.4, -0.2) is 36.2 Å². The second-order valence-corrected chi connectivity index (χ2v) is 5.97. The van der Waals surface area contributed by atoms with Crippen molar-refractivity contribution in [2.24, 2.45) is 0 Å². The third-order valence-corrected chi connectivity index (χ3v) is 3.69. The molecule has 7 heteroatoms. The molecule has 0 aliphatic carbocycles. The Kier molecular flexibility index (Phi) is 6.30. The highest BCUT2D eigenvalue weighted by Crippen LogP contribution is 2.15. The number of carboxylic acid groups (broad SMARTS) is 1. The van der Waals surface area contributed by atoms with E-state index in [4.69, 9.17) is 9.47 Å². The van der Waals surface area contributed by atoms with Crippen LogP contribution < -0.4 is 10.1 Å². The van der Waals surface area contributed by atoms with Crippen LogP contribution in [0.5, 0.6) is 5.75 Å². The van der Waals surface area contributed by atoms with Gasteiger partial charge in [-0.1, -0.05) is 18.2 Å². The standard InChI is InChI=1S/C19H20FNO5/c1-19(12-25-2,18(23)24)21-17(22)14-6-3-5-13(9-14)11-26-16-8-4-7-15(20)10-16/h3-10H,11-12H2,1-2H3,(H,21,22)(H,23,24). The van der Waals surface area contributed by atoms with Gasteiger partial charge in [-0.25, -0.2) is 9.18 Å². The third kappa shape index (κ3) is 5.03. The molecule has 2 aromatic rings. The molecule has 1 unspecified atom stereocenters. The molecule has 2 N–H and O–H groups in total. The summed E-state index contributed by atoms with van der Waals surface area (Å²) in [5.74, 6) is -1.77. The first kappa shape index (κ1) is 19.4. The fourth-order valence-corrected chi connectivity index (χ4v) is 2.29. The smallest absolute Gasteiger partial charge is 0.331 e. The highest BCUT2D eigenvalue weighted by molar-refractivity contribution is 5.97. The van der Waals surface area contributed by atoms with E-state index < -0.39 is 23.2 Å². The van der Waals surface area contributed by atoms with E-state index >= 15 is 0 Å². The fourth-order valence-electron chi connectivity index (χ4n) is 2.29. The number of benzene rings is 2. The van der Waals surface area contributed by atoms with Gasteiger partial charge in [0.25, 0.3) is 5.91 Å². The number of hydrogen-bond acceptors (Lipinski definition) is 4. The number of rotatable bonds is 8. The minimum atomic E-state index is -1.54. The van der Waals surface area contributed by atoms with E-state index in [0.717, 1.165) is 0 Å². The van der Waals surface area contributed by atoms with Crippen molar-refractivity contribution in [3.63, 3.8) is 0 Å². The van der Waals surface area contributed by atoms with Crippen molar-refractivity contribution in [2.75, 3.05) is 13.7 Å². The Balaban J connectivity index is 2.07. The van der Waals surface area contributed by atoms with Crippen molar-refractivity contribution in [1.29, 1.82) is 0 Å². The normalized spacial score (nSPS) is 12.9. The van der Waals surface area contributed by atoms with Gasteiger partial charge in [0.1, 0.15) is 18.2 Å². The maximum absolute atomic E-state index is 13.2. The summed E-state index contributed by atoms with van der Waals surface area (Å²) in [6.45, 7) is 1.34. The van der Waals surface area contributed by atoms with E-state index in [1.54, 1.807) is 30.3 Å². The lowest BCUT2D eigenvalue weighted by Gasteiger charge is -2.25. The average Bonchev–Trinajstić information content (AvgIpc) is 2.60. The van der Waals surface area contributed by atoms with Crippen molar-refractivity contribution in [3.05, 3.63) is 65.5 Å². The number of nitrogens with one attached hydrogen (secondary N) is 1. The van der Waals surface area contributed by atoms with E-state index in [2.05, 4.69) is 5.32 Å². The molecule has 0 radical (unpaired) electrons. The summed E-state index contributed by atoms with van der Waals surface area (Å²) >= 11 is 0. The molecule has 0 bridgehead atoms. The van der Waals surface area contributed by atoms with Gasteiger partial charge in [0, 0.05) is 18.7 Å². The van der Waals surface area contributed by atoms with Crippen LogP contribution in [0.2, 0.25) is 0 Å². The predicted molar refractivity (Wildman–Crippen MR) is 92.6 cm³/mol. The number of carboxylic acids is 1. The summed E-state index contributed by atoms with van der Waals surface area (Å²) in [6, 6.07) is 12.3. The lowest BCUT2D eigenvalue weighted by atomic mass is 10.0. The lowest BCUT2D eigenvalue weighted by Crippen LogP contribution is -2.55. The van der Waals surface area contributed by atoms with Crippen molar-refractivity contribution < 1.29 is 28.6 Å². The quantitative estimate of drug-likeness (QED) is 0.755. The fraction of sp³-hybridized carbons (Fsp3) is 0.263. The van der Waals surface area contributed by atoms with Gasteiger partial charge in [0.2, 0.25) is 0 Å². The van der Waals surface area contributed by atoms with Gasteiger partial charge in [0.05, 0.1) is 6.61 Å². The predicted octanol–water partition coefficient (Wildman–Crippen LogP) is 2.62. The number of halogens is 1. The van der Waals surface area contributed by atoms with Crippen LogP contribution in [-0.2, 0) is 16.1 Å². The molecule has 0 saturated carbocycles. The summed E-state index contributed by atoms with van der Waals surface area (Å²) in [6.07, 6.45) is 0. The van der Waals surface area contributed by atoms with Crippen LogP contribution in [0.4, 0.5) is 4.39 Å². The second-order valence-electron chi connectivity index (χ2n) is 5.97. The Bertz CT molecular complexity index is 795. The molecule has 0 spiro atoms. The highest BCUT2D eigenvalue weighted by atomic mass is 19.1. The molecule has 0 aliphatic heterocycles. The Labute approximate surface area is 150 Å². The molecule has 0 fully saturated rings. The minimum absolute atomic E-state index is 0.138. The second kappa shape index (κ2) is 8.44. The Morgan fingerprint density at radius 1 is 1.19 bits per heavy atom. The minimum Gasteiger partial charge on any atom is -0.489 e. The van der Waals surface area contributed by atoms with Crippen molar-refractivity contribution >= 4 is 11.9 Å². The summed E-state index contributed by atoms with van der Waals surface area (Å²) in [5.41, 5.74) is -0.570. The number of carbonyl (C=O) groups excluding carboxylic acids is 1. The molecule has 0 heterocycles. The van der Waals surface area contributed by atoms with Gasteiger partial charge >= 0.3 is 5.97 Å². The Morgan fingerprint density at radius 3 is 2.58 bits per heavy atom. The first-order chi connectivity index (χ1) is 12.3. The van der Waals surface area contributed by atoms with Gasteiger partial charge in [-0.3, -0.25) is 4.79 Å². The van der Waals surface area contributed by atoms with Gasteiger partial charge < -0.3 is 19.9 Å². The van der Waals surface area contributed by atoms with Crippen molar-refractivity contribution in [3.8, 4) is 5.75 Å². The lowest BCUT2D eigenvalue weighted by molar-refractivity contribution is -0.145. The van der Waals surface area contributed by atoms with E-state index in [1.165, 1.54) is 32.2 Å². The highest BCUT2D eigenvalue weighted by Gasteiger charge is 2.35. The van der Waals surface area contributed by atoms with Crippen LogP contribution >= 0.6 is 0 Å². The number of aliphatic carboxylic acids is 1. The molecule has 0 saturated heterocycles. The van der Waals surface area contributed by atoms with Crippen LogP contribution in [0.3, 0.4) is 0 Å². The average molecular weight is 361 g/mol. The molecular weight excluding hydrogens is 341 g/mol. The Hall–Kier alpha value is -2.93. The topological polar surface area (TPSA) is 84.9 Å². The van der Waals surface area contributed by atoms with Crippen molar-refractivity contribution in [1.82, 2.24) is 5.32 Å². The van der Waals surface area contributed by atoms with E-state index in [-0.39, 0.29) is 18.8 Å².